The van der Waals surface area contributed by atoms with Crippen molar-refractivity contribution < 1.29 is 9.53 Å². The summed E-state index contributed by atoms with van der Waals surface area (Å²) in [4.78, 5) is 16.7. The monoisotopic (exact) mass is 318 g/mol. The van der Waals surface area contributed by atoms with Crippen LogP contribution in [0.15, 0.2) is 29.4 Å². The number of carbonyl (C=O) groups is 1. The van der Waals surface area contributed by atoms with Gasteiger partial charge in [0.05, 0.1) is 18.5 Å². The van der Waals surface area contributed by atoms with Gasteiger partial charge in [-0.3, -0.25) is 4.79 Å². The molecule has 1 amide bonds. The van der Waals surface area contributed by atoms with E-state index in [0.717, 1.165) is 22.6 Å². The van der Waals surface area contributed by atoms with Crippen molar-refractivity contribution in [1.29, 1.82) is 0 Å². The zero-order valence-electron chi connectivity index (χ0n) is 12.5. The van der Waals surface area contributed by atoms with Crippen molar-refractivity contribution in [1.82, 2.24) is 10.4 Å². The molecule has 0 spiro atoms. The molecule has 0 fully saturated rings. The van der Waals surface area contributed by atoms with Crippen LogP contribution in [0, 0.1) is 0 Å². The van der Waals surface area contributed by atoms with E-state index in [9.17, 15) is 4.79 Å². The summed E-state index contributed by atoms with van der Waals surface area (Å²) in [7, 11) is 0. The van der Waals surface area contributed by atoms with Crippen LogP contribution in [0.25, 0.3) is 0 Å². The molecule has 3 N–H and O–H groups in total. The van der Waals surface area contributed by atoms with Gasteiger partial charge in [-0.05, 0) is 25.5 Å². The predicted octanol–water partition coefficient (Wildman–Crippen LogP) is 2.45. The fourth-order valence-electron chi connectivity index (χ4n) is 1.87. The van der Waals surface area contributed by atoms with Crippen LogP contribution in [-0.2, 0) is 6.42 Å². The number of aryl methyl sites for hydroxylation is 1. The number of aromatic nitrogens is 1. The summed E-state index contributed by atoms with van der Waals surface area (Å²) in [5, 5.41) is 4.36. The summed E-state index contributed by atoms with van der Waals surface area (Å²) < 4.78 is 5.49. The van der Waals surface area contributed by atoms with E-state index in [1.165, 1.54) is 0 Å². The topological polar surface area (TPSA) is 89.6 Å². The molecule has 22 heavy (non-hydrogen) atoms. The minimum atomic E-state index is -0.309. The lowest BCUT2D eigenvalue weighted by Gasteiger charge is -2.05. The molecule has 0 aliphatic rings. The van der Waals surface area contributed by atoms with E-state index in [1.54, 1.807) is 6.21 Å². The second-order valence-electron chi connectivity index (χ2n) is 4.35. The number of hydrazone groups is 1. The Labute approximate surface area is 133 Å². The smallest absolute Gasteiger partial charge is 0.283 e. The van der Waals surface area contributed by atoms with Crippen LogP contribution < -0.4 is 15.9 Å². The molecular formula is C15H18N4O2S. The second-order valence-corrected chi connectivity index (χ2v) is 5.38. The summed E-state index contributed by atoms with van der Waals surface area (Å²) >= 11 is 1.16. The molecule has 6 nitrogen and oxygen atoms in total. The van der Waals surface area contributed by atoms with Crippen LogP contribution in [0.4, 0.5) is 5.13 Å². The largest absolute Gasteiger partial charge is 0.493 e. The molecule has 0 atom stereocenters. The van der Waals surface area contributed by atoms with Gasteiger partial charge in [0, 0.05) is 5.56 Å². The predicted molar refractivity (Wildman–Crippen MR) is 88.6 cm³/mol. The van der Waals surface area contributed by atoms with Crippen molar-refractivity contribution >= 4 is 28.6 Å². The lowest BCUT2D eigenvalue weighted by atomic mass is 10.2. The van der Waals surface area contributed by atoms with E-state index in [-0.39, 0.29) is 5.91 Å². The summed E-state index contributed by atoms with van der Waals surface area (Å²) in [6.45, 7) is 4.40. The molecule has 2 aromatic rings. The van der Waals surface area contributed by atoms with Crippen molar-refractivity contribution in [3.05, 3.63) is 40.4 Å². The fourth-order valence-corrected chi connectivity index (χ4v) is 2.68. The van der Waals surface area contributed by atoms with Crippen molar-refractivity contribution in [3.8, 4) is 5.75 Å². The number of carbonyl (C=O) groups excluding carboxylic acids is 1. The lowest BCUT2D eigenvalue weighted by molar-refractivity contribution is 0.0958. The average molecular weight is 318 g/mol. The van der Waals surface area contributed by atoms with E-state index in [2.05, 4.69) is 15.5 Å². The van der Waals surface area contributed by atoms with Gasteiger partial charge in [-0.1, -0.05) is 30.4 Å². The molecule has 7 heteroatoms. The average Bonchev–Trinajstić information content (AvgIpc) is 2.90. The maximum absolute atomic E-state index is 12.1. The van der Waals surface area contributed by atoms with Gasteiger partial charge in [0.25, 0.3) is 5.91 Å². The number of amides is 1. The quantitative estimate of drug-likeness (QED) is 0.632. The van der Waals surface area contributed by atoms with Crippen LogP contribution in [0.1, 0.15) is 34.8 Å². The number of nitrogen functional groups attached to an aromatic ring is 1. The number of para-hydroxylation sites is 1. The van der Waals surface area contributed by atoms with Crippen molar-refractivity contribution in [2.75, 3.05) is 12.3 Å². The Hall–Kier alpha value is -2.41. The highest BCUT2D eigenvalue weighted by Gasteiger charge is 2.15. The molecule has 1 aromatic heterocycles. The lowest BCUT2D eigenvalue weighted by Crippen LogP contribution is -2.17. The summed E-state index contributed by atoms with van der Waals surface area (Å²) in [5.74, 6) is 0.412. The minimum absolute atomic E-state index is 0.309. The molecule has 0 unspecified atom stereocenters. The highest BCUT2D eigenvalue weighted by molar-refractivity contribution is 7.17. The molecule has 1 heterocycles. The number of rotatable bonds is 6. The van der Waals surface area contributed by atoms with Crippen molar-refractivity contribution in [2.24, 2.45) is 5.10 Å². The van der Waals surface area contributed by atoms with Crippen molar-refractivity contribution in [3.63, 3.8) is 0 Å². The highest BCUT2D eigenvalue weighted by Crippen LogP contribution is 2.20. The number of thiazole rings is 1. The zero-order valence-corrected chi connectivity index (χ0v) is 13.3. The third-order valence-corrected chi connectivity index (χ3v) is 3.77. The summed E-state index contributed by atoms with van der Waals surface area (Å²) in [6, 6.07) is 7.48. The van der Waals surface area contributed by atoms with E-state index in [1.807, 2.05) is 38.1 Å². The Morgan fingerprint density at radius 2 is 2.23 bits per heavy atom. The molecule has 0 saturated heterocycles. The van der Waals surface area contributed by atoms with Gasteiger partial charge >= 0.3 is 0 Å². The first kappa shape index (κ1) is 16.0. The SMILES string of the molecule is CCOc1ccccc1C=NNC(=O)c1sc(N)nc1CC. The number of benzene rings is 1. The van der Waals surface area contributed by atoms with E-state index in [4.69, 9.17) is 10.5 Å². The first-order chi connectivity index (χ1) is 10.7. The number of anilines is 1. The Morgan fingerprint density at radius 1 is 1.45 bits per heavy atom. The van der Waals surface area contributed by atoms with Crippen LogP contribution in [0.3, 0.4) is 0 Å². The Balaban J connectivity index is 2.07. The molecule has 1 aromatic carbocycles. The number of nitrogens with two attached hydrogens (primary N) is 1. The zero-order chi connectivity index (χ0) is 15.9. The summed E-state index contributed by atoms with van der Waals surface area (Å²) in [6.07, 6.45) is 2.20. The van der Waals surface area contributed by atoms with Crippen LogP contribution in [0.2, 0.25) is 0 Å². The van der Waals surface area contributed by atoms with Gasteiger partial charge in [0.15, 0.2) is 5.13 Å². The van der Waals surface area contributed by atoms with Gasteiger partial charge in [0.2, 0.25) is 0 Å². The van der Waals surface area contributed by atoms with Gasteiger partial charge < -0.3 is 10.5 Å². The Morgan fingerprint density at radius 3 is 2.95 bits per heavy atom. The molecule has 0 radical (unpaired) electrons. The van der Waals surface area contributed by atoms with Crippen LogP contribution in [0.5, 0.6) is 5.75 Å². The van der Waals surface area contributed by atoms with Crippen LogP contribution >= 0.6 is 11.3 Å². The fraction of sp³-hybridized carbons (Fsp3) is 0.267. The summed E-state index contributed by atoms with van der Waals surface area (Å²) in [5.41, 5.74) is 9.61. The second kappa shape index (κ2) is 7.56. The molecule has 0 bridgehead atoms. The number of nitrogens with zero attached hydrogens (tertiary/aromatic N) is 2. The molecule has 2 rings (SSSR count). The highest BCUT2D eigenvalue weighted by atomic mass is 32.1. The first-order valence-corrected chi connectivity index (χ1v) is 7.77. The van der Waals surface area contributed by atoms with Crippen LogP contribution in [-0.4, -0.2) is 23.7 Å². The van der Waals surface area contributed by atoms with Gasteiger partial charge in [-0.25, -0.2) is 10.4 Å². The number of ether oxygens (including phenoxy) is 1. The molecular weight excluding hydrogens is 300 g/mol. The van der Waals surface area contributed by atoms with Gasteiger partial charge in [-0.15, -0.1) is 0 Å². The van der Waals surface area contributed by atoms with E-state index in [0.29, 0.717) is 28.7 Å². The molecule has 0 saturated carbocycles. The molecule has 0 aliphatic carbocycles. The maximum Gasteiger partial charge on any atom is 0.283 e. The van der Waals surface area contributed by atoms with E-state index < -0.39 is 0 Å². The number of hydrogen-bond donors (Lipinski definition) is 2. The number of nitrogens with one attached hydrogen (secondary N) is 1. The minimum Gasteiger partial charge on any atom is -0.493 e. The third-order valence-electron chi connectivity index (χ3n) is 2.84. The number of hydrogen-bond acceptors (Lipinski definition) is 6. The van der Waals surface area contributed by atoms with E-state index >= 15 is 0 Å². The van der Waals surface area contributed by atoms with Gasteiger partial charge in [0.1, 0.15) is 10.6 Å². The first-order valence-electron chi connectivity index (χ1n) is 6.96. The molecule has 116 valence electrons. The van der Waals surface area contributed by atoms with Gasteiger partial charge in [-0.2, -0.15) is 5.10 Å². The van der Waals surface area contributed by atoms with Crippen molar-refractivity contribution in [2.45, 2.75) is 20.3 Å². The Bertz CT molecular complexity index is 682. The Kier molecular flexibility index (Phi) is 5.48. The standard InChI is InChI=1S/C15H18N4O2S/c1-3-11-13(22-15(16)18-11)14(20)19-17-9-10-7-5-6-8-12(10)21-4-2/h5-9H,3-4H2,1-2H3,(H2,16,18)(H,19,20). The normalized spacial score (nSPS) is 10.8. The molecule has 0 aliphatic heterocycles. The maximum atomic E-state index is 12.1. The third kappa shape index (κ3) is 3.82.